The van der Waals surface area contributed by atoms with Crippen molar-refractivity contribution in [3.05, 3.63) is 41.6 Å². The average molecular weight is 335 g/mol. The number of carbonyl (C=O) groups excluding carboxylic acids is 1. The van der Waals surface area contributed by atoms with E-state index in [0.717, 1.165) is 25.0 Å². The van der Waals surface area contributed by atoms with Crippen LogP contribution in [0.1, 0.15) is 23.2 Å². The van der Waals surface area contributed by atoms with Gasteiger partial charge in [0, 0.05) is 38.5 Å². The van der Waals surface area contributed by atoms with Gasteiger partial charge in [0.1, 0.15) is 17.3 Å². The van der Waals surface area contributed by atoms with Crippen LogP contribution in [-0.2, 0) is 7.05 Å². The molecule has 0 radical (unpaired) electrons. The third kappa shape index (κ3) is 3.31. The SMILES string of the molecule is CN(CC(O)C1CC1)C(=O)c1cn(C)nc1-c1ccc(F)cc1F. The van der Waals surface area contributed by atoms with E-state index in [1.165, 1.54) is 21.8 Å². The van der Waals surface area contributed by atoms with Gasteiger partial charge < -0.3 is 10.0 Å². The van der Waals surface area contributed by atoms with Crippen LogP contribution in [0.25, 0.3) is 11.3 Å². The number of aliphatic hydroxyl groups is 1. The molecule has 1 aliphatic rings. The highest BCUT2D eigenvalue weighted by molar-refractivity contribution is 5.99. The second kappa shape index (κ2) is 6.32. The van der Waals surface area contributed by atoms with Crippen molar-refractivity contribution in [3.63, 3.8) is 0 Å². The Labute approximate surface area is 138 Å². The standard InChI is InChI=1S/C17H19F2N3O2/c1-21(9-15(23)10-3-4-10)17(24)13-8-22(2)20-16(13)12-6-5-11(18)7-14(12)19/h5-8,10,15,23H,3-4,9H2,1-2H3. The van der Waals surface area contributed by atoms with E-state index in [-0.39, 0.29) is 35.2 Å². The number of aliphatic hydroxyl groups excluding tert-OH is 1. The number of carbonyl (C=O) groups is 1. The number of hydrogen-bond acceptors (Lipinski definition) is 3. The summed E-state index contributed by atoms with van der Waals surface area (Å²) in [5.41, 5.74) is 0.442. The largest absolute Gasteiger partial charge is 0.391 e. The van der Waals surface area contributed by atoms with Crippen molar-refractivity contribution < 1.29 is 18.7 Å². The van der Waals surface area contributed by atoms with Gasteiger partial charge in [0.25, 0.3) is 5.91 Å². The summed E-state index contributed by atoms with van der Waals surface area (Å²) in [4.78, 5) is 14.1. The highest BCUT2D eigenvalue weighted by atomic mass is 19.1. The van der Waals surface area contributed by atoms with Gasteiger partial charge in [0.2, 0.25) is 0 Å². The van der Waals surface area contributed by atoms with E-state index in [4.69, 9.17) is 0 Å². The van der Waals surface area contributed by atoms with Crippen LogP contribution in [0.2, 0.25) is 0 Å². The molecule has 1 aromatic heterocycles. The highest BCUT2D eigenvalue weighted by Gasteiger charge is 2.32. The van der Waals surface area contributed by atoms with Crippen LogP contribution in [0.4, 0.5) is 8.78 Å². The number of aromatic nitrogens is 2. The van der Waals surface area contributed by atoms with Crippen molar-refractivity contribution in [2.24, 2.45) is 13.0 Å². The number of likely N-dealkylation sites (N-methyl/N-ethyl adjacent to an activating group) is 1. The minimum atomic E-state index is -0.775. The van der Waals surface area contributed by atoms with Crippen molar-refractivity contribution in [1.29, 1.82) is 0 Å². The molecule has 24 heavy (non-hydrogen) atoms. The first-order valence-corrected chi connectivity index (χ1v) is 7.79. The maximum absolute atomic E-state index is 14.1. The molecule has 7 heteroatoms. The fourth-order valence-electron chi connectivity index (χ4n) is 2.72. The molecule has 1 saturated carbocycles. The number of nitrogens with zero attached hydrogens (tertiary/aromatic N) is 3. The molecule has 1 atom stereocenters. The molecular weight excluding hydrogens is 316 g/mol. The molecule has 0 spiro atoms. The molecule has 5 nitrogen and oxygen atoms in total. The second-order valence-corrected chi connectivity index (χ2v) is 6.28. The average Bonchev–Trinajstić information content (AvgIpc) is 3.30. The van der Waals surface area contributed by atoms with Gasteiger partial charge in [-0.15, -0.1) is 0 Å². The van der Waals surface area contributed by atoms with Crippen molar-refractivity contribution in [1.82, 2.24) is 14.7 Å². The van der Waals surface area contributed by atoms with Gasteiger partial charge >= 0.3 is 0 Å². The molecular formula is C17H19F2N3O2. The summed E-state index contributed by atoms with van der Waals surface area (Å²) in [5, 5.41) is 14.2. The first-order chi connectivity index (χ1) is 11.4. The molecule has 0 saturated heterocycles. The Morgan fingerprint density at radius 1 is 1.46 bits per heavy atom. The van der Waals surface area contributed by atoms with E-state index in [1.807, 2.05) is 0 Å². The van der Waals surface area contributed by atoms with Crippen LogP contribution in [0.3, 0.4) is 0 Å². The Balaban J connectivity index is 1.89. The minimum Gasteiger partial charge on any atom is -0.391 e. The number of amides is 1. The first-order valence-electron chi connectivity index (χ1n) is 7.79. The topological polar surface area (TPSA) is 58.4 Å². The summed E-state index contributed by atoms with van der Waals surface area (Å²) in [7, 11) is 3.21. The molecule has 0 bridgehead atoms. The molecule has 3 rings (SSSR count). The third-order valence-corrected chi connectivity index (χ3v) is 4.22. The van der Waals surface area contributed by atoms with E-state index < -0.39 is 17.7 Å². The lowest BCUT2D eigenvalue weighted by Gasteiger charge is -2.20. The zero-order valence-electron chi connectivity index (χ0n) is 13.5. The van der Waals surface area contributed by atoms with Crippen molar-refractivity contribution >= 4 is 5.91 Å². The van der Waals surface area contributed by atoms with Gasteiger partial charge in [-0.25, -0.2) is 8.78 Å². The third-order valence-electron chi connectivity index (χ3n) is 4.22. The maximum Gasteiger partial charge on any atom is 0.257 e. The number of halogens is 2. The second-order valence-electron chi connectivity index (χ2n) is 6.28. The zero-order chi connectivity index (χ0) is 17.4. The molecule has 1 aromatic carbocycles. The number of aryl methyl sites for hydroxylation is 1. The maximum atomic E-state index is 14.1. The Bertz CT molecular complexity index is 771. The summed E-state index contributed by atoms with van der Waals surface area (Å²) in [6, 6.07) is 3.16. The number of benzene rings is 1. The van der Waals surface area contributed by atoms with Crippen molar-refractivity contribution in [3.8, 4) is 11.3 Å². The molecule has 2 aromatic rings. The Morgan fingerprint density at radius 2 is 2.17 bits per heavy atom. The van der Waals surface area contributed by atoms with Crippen molar-refractivity contribution in [2.45, 2.75) is 18.9 Å². The lowest BCUT2D eigenvalue weighted by Crippen LogP contribution is -2.35. The van der Waals surface area contributed by atoms with Gasteiger partial charge in [-0.1, -0.05) is 0 Å². The quantitative estimate of drug-likeness (QED) is 0.911. The summed E-state index contributed by atoms with van der Waals surface area (Å²) < 4.78 is 28.6. The lowest BCUT2D eigenvalue weighted by atomic mass is 10.1. The first kappa shape index (κ1) is 16.6. The van der Waals surface area contributed by atoms with Gasteiger partial charge in [0.15, 0.2) is 0 Å². The van der Waals surface area contributed by atoms with E-state index in [2.05, 4.69) is 5.10 Å². The van der Waals surface area contributed by atoms with Gasteiger partial charge in [-0.3, -0.25) is 9.48 Å². The normalized spacial score (nSPS) is 15.4. The van der Waals surface area contributed by atoms with Crippen LogP contribution in [-0.4, -0.2) is 45.4 Å². The molecule has 128 valence electrons. The minimum absolute atomic E-state index is 0.0662. The van der Waals surface area contributed by atoms with Gasteiger partial charge in [-0.05, 0) is 30.9 Å². The molecule has 1 fully saturated rings. The van der Waals surface area contributed by atoms with Crippen LogP contribution >= 0.6 is 0 Å². The predicted octanol–water partition coefficient (Wildman–Crippen LogP) is 2.21. The molecule has 1 aliphatic carbocycles. The fourth-order valence-corrected chi connectivity index (χ4v) is 2.72. The fraction of sp³-hybridized carbons (Fsp3) is 0.412. The van der Waals surface area contributed by atoms with E-state index in [9.17, 15) is 18.7 Å². The smallest absolute Gasteiger partial charge is 0.257 e. The predicted molar refractivity (Wildman–Crippen MR) is 84.3 cm³/mol. The van der Waals surface area contributed by atoms with E-state index in [1.54, 1.807) is 14.1 Å². The molecule has 1 heterocycles. The van der Waals surface area contributed by atoms with Crippen LogP contribution < -0.4 is 0 Å². The Kier molecular flexibility index (Phi) is 4.36. The van der Waals surface area contributed by atoms with Crippen molar-refractivity contribution in [2.75, 3.05) is 13.6 Å². The summed E-state index contributed by atoms with van der Waals surface area (Å²) >= 11 is 0. The molecule has 1 amide bonds. The summed E-state index contributed by atoms with van der Waals surface area (Å²) in [5.74, 6) is -1.57. The highest BCUT2D eigenvalue weighted by Crippen LogP contribution is 2.33. The van der Waals surface area contributed by atoms with E-state index >= 15 is 0 Å². The van der Waals surface area contributed by atoms with Gasteiger partial charge in [0.05, 0.1) is 11.7 Å². The Morgan fingerprint density at radius 3 is 2.79 bits per heavy atom. The zero-order valence-corrected chi connectivity index (χ0v) is 13.5. The Hall–Kier alpha value is -2.28. The van der Waals surface area contributed by atoms with E-state index in [0.29, 0.717) is 0 Å². The summed E-state index contributed by atoms with van der Waals surface area (Å²) in [6.45, 7) is 0.212. The number of rotatable bonds is 5. The lowest BCUT2D eigenvalue weighted by molar-refractivity contribution is 0.0646. The molecule has 0 aliphatic heterocycles. The number of hydrogen-bond donors (Lipinski definition) is 1. The molecule has 1 unspecified atom stereocenters. The van der Waals surface area contributed by atoms with Crippen LogP contribution in [0.15, 0.2) is 24.4 Å². The monoisotopic (exact) mass is 335 g/mol. The summed E-state index contributed by atoms with van der Waals surface area (Å²) in [6.07, 6.45) is 2.90. The molecule has 1 N–H and O–H groups in total. The van der Waals surface area contributed by atoms with Crippen LogP contribution in [0, 0.1) is 17.6 Å². The van der Waals surface area contributed by atoms with Crippen LogP contribution in [0.5, 0.6) is 0 Å². The van der Waals surface area contributed by atoms with Gasteiger partial charge in [-0.2, -0.15) is 5.10 Å².